The summed E-state index contributed by atoms with van der Waals surface area (Å²) in [6.45, 7) is 2.68. The molecule has 1 aromatic heterocycles. The summed E-state index contributed by atoms with van der Waals surface area (Å²) in [7, 11) is 1.65. The van der Waals surface area contributed by atoms with Crippen molar-refractivity contribution in [3.05, 3.63) is 30.0 Å². The van der Waals surface area contributed by atoms with Gasteiger partial charge in [0.2, 0.25) is 0 Å². The Morgan fingerprint density at radius 3 is 2.82 bits per heavy atom. The highest BCUT2D eigenvalue weighted by molar-refractivity contribution is 5.83. The quantitative estimate of drug-likeness (QED) is 0.882. The van der Waals surface area contributed by atoms with Crippen molar-refractivity contribution in [2.45, 2.75) is 50.7 Å². The van der Waals surface area contributed by atoms with Gasteiger partial charge in [-0.2, -0.15) is 0 Å². The number of fused-ring (bicyclic) bond motifs is 1. The predicted octanol–water partition coefficient (Wildman–Crippen LogP) is 3.79. The Balaban J connectivity index is 1.70. The molecule has 1 unspecified atom stereocenters. The average Bonchev–Trinajstić information content (AvgIpc) is 2.97. The van der Waals surface area contributed by atoms with E-state index >= 15 is 0 Å². The third-order valence-electron chi connectivity index (χ3n) is 4.70. The summed E-state index contributed by atoms with van der Waals surface area (Å²) in [5.74, 6) is 1.63. The van der Waals surface area contributed by atoms with E-state index in [4.69, 9.17) is 9.15 Å². The van der Waals surface area contributed by atoms with Crippen LogP contribution < -0.4 is 10.1 Å². The molecule has 1 aliphatic carbocycles. The maximum atomic E-state index is 10.6. The molecule has 0 radical (unpaired) electrons. The van der Waals surface area contributed by atoms with Gasteiger partial charge in [-0.1, -0.05) is 31.4 Å². The topological polar surface area (TPSA) is 54.6 Å². The molecule has 0 amide bonds. The van der Waals surface area contributed by atoms with E-state index in [1.165, 1.54) is 6.42 Å². The zero-order valence-corrected chi connectivity index (χ0v) is 13.4. The molecule has 0 bridgehead atoms. The number of nitrogens with one attached hydrogen (secondary N) is 1. The molecule has 1 atom stereocenters. The summed E-state index contributed by atoms with van der Waals surface area (Å²) < 4.78 is 11.3. The van der Waals surface area contributed by atoms with Crippen molar-refractivity contribution in [2.75, 3.05) is 13.7 Å². The molecule has 1 aliphatic rings. The first kappa shape index (κ1) is 15.4. The van der Waals surface area contributed by atoms with Crippen molar-refractivity contribution in [1.82, 2.24) is 5.32 Å². The second kappa shape index (κ2) is 6.31. The molecule has 1 fully saturated rings. The third kappa shape index (κ3) is 3.13. The van der Waals surface area contributed by atoms with Gasteiger partial charge in [-0.3, -0.25) is 0 Å². The minimum Gasteiger partial charge on any atom is -0.493 e. The summed E-state index contributed by atoms with van der Waals surface area (Å²) >= 11 is 0. The molecule has 22 heavy (non-hydrogen) atoms. The lowest BCUT2D eigenvalue weighted by atomic mass is 9.85. The second-order valence-corrected chi connectivity index (χ2v) is 6.41. The Kier molecular flexibility index (Phi) is 4.41. The highest BCUT2D eigenvalue weighted by Gasteiger charge is 2.29. The molecule has 120 valence electrons. The van der Waals surface area contributed by atoms with Crippen molar-refractivity contribution in [2.24, 2.45) is 0 Å². The van der Waals surface area contributed by atoms with Gasteiger partial charge in [0, 0.05) is 11.9 Å². The fourth-order valence-corrected chi connectivity index (χ4v) is 3.26. The number of furan rings is 1. The smallest absolute Gasteiger partial charge is 0.176 e. The number of hydrogen-bond acceptors (Lipinski definition) is 4. The second-order valence-electron chi connectivity index (χ2n) is 6.41. The molecule has 0 aliphatic heterocycles. The van der Waals surface area contributed by atoms with Crippen molar-refractivity contribution in [3.8, 4) is 5.75 Å². The highest BCUT2D eigenvalue weighted by atomic mass is 16.5. The van der Waals surface area contributed by atoms with E-state index in [0.717, 1.165) is 48.2 Å². The summed E-state index contributed by atoms with van der Waals surface area (Å²) in [4.78, 5) is 0. The highest BCUT2D eigenvalue weighted by Crippen LogP contribution is 2.32. The molecule has 0 saturated heterocycles. The molecule has 4 nitrogen and oxygen atoms in total. The van der Waals surface area contributed by atoms with Gasteiger partial charge in [-0.25, -0.2) is 0 Å². The largest absolute Gasteiger partial charge is 0.493 e. The van der Waals surface area contributed by atoms with E-state index in [-0.39, 0.29) is 6.04 Å². The van der Waals surface area contributed by atoms with Crippen LogP contribution in [0.3, 0.4) is 0 Å². The van der Waals surface area contributed by atoms with E-state index in [0.29, 0.717) is 6.54 Å². The van der Waals surface area contributed by atoms with Crippen LogP contribution in [0.15, 0.2) is 28.7 Å². The van der Waals surface area contributed by atoms with Gasteiger partial charge in [0.25, 0.3) is 0 Å². The molecule has 4 heteroatoms. The number of aliphatic hydroxyl groups is 1. The van der Waals surface area contributed by atoms with Crippen molar-refractivity contribution < 1.29 is 14.3 Å². The van der Waals surface area contributed by atoms with Gasteiger partial charge < -0.3 is 19.6 Å². The SMILES string of the molecule is COc1cccc2cc(C(C)NCC3(O)CCCCC3)oc12. The van der Waals surface area contributed by atoms with Crippen LogP contribution in [0.2, 0.25) is 0 Å². The Morgan fingerprint density at radius 2 is 2.09 bits per heavy atom. The molecule has 1 saturated carbocycles. The molecule has 0 spiro atoms. The van der Waals surface area contributed by atoms with E-state index in [1.54, 1.807) is 7.11 Å². The van der Waals surface area contributed by atoms with Crippen molar-refractivity contribution in [3.63, 3.8) is 0 Å². The molecule has 2 N–H and O–H groups in total. The fourth-order valence-electron chi connectivity index (χ4n) is 3.26. The number of para-hydroxylation sites is 1. The minimum atomic E-state index is -0.559. The zero-order chi connectivity index (χ0) is 15.6. The first-order valence-corrected chi connectivity index (χ1v) is 8.13. The molecule has 2 aromatic rings. The summed E-state index contributed by atoms with van der Waals surface area (Å²) in [6.07, 6.45) is 5.26. The van der Waals surface area contributed by atoms with Crippen molar-refractivity contribution >= 4 is 11.0 Å². The lowest BCUT2D eigenvalue weighted by molar-refractivity contribution is 0.00258. The Bertz CT molecular complexity index is 628. The van der Waals surface area contributed by atoms with Gasteiger partial charge in [-0.15, -0.1) is 0 Å². The van der Waals surface area contributed by atoms with Crippen LogP contribution in [-0.2, 0) is 0 Å². The number of rotatable bonds is 5. The predicted molar refractivity (Wildman–Crippen MR) is 87.2 cm³/mol. The fraction of sp³-hybridized carbons (Fsp3) is 0.556. The Morgan fingerprint density at radius 1 is 1.32 bits per heavy atom. The third-order valence-corrected chi connectivity index (χ3v) is 4.70. The number of methoxy groups -OCH3 is 1. The van der Waals surface area contributed by atoms with Crippen LogP contribution in [0.5, 0.6) is 5.75 Å². The van der Waals surface area contributed by atoms with Crippen LogP contribution in [0.4, 0.5) is 0 Å². The molecule has 1 heterocycles. The first-order valence-electron chi connectivity index (χ1n) is 8.13. The Labute approximate surface area is 131 Å². The van der Waals surface area contributed by atoms with Gasteiger partial charge in [-0.05, 0) is 31.9 Å². The van der Waals surface area contributed by atoms with Crippen LogP contribution in [0.25, 0.3) is 11.0 Å². The van der Waals surface area contributed by atoms with E-state index in [1.807, 2.05) is 24.3 Å². The van der Waals surface area contributed by atoms with Crippen LogP contribution in [-0.4, -0.2) is 24.4 Å². The van der Waals surface area contributed by atoms with Gasteiger partial charge in [0.1, 0.15) is 5.76 Å². The Hall–Kier alpha value is -1.52. The van der Waals surface area contributed by atoms with E-state index < -0.39 is 5.60 Å². The normalized spacial score (nSPS) is 19.2. The summed E-state index contributed by atoms with van der Waals surface area (Å²) in [5, 5.41) is 15.0. The molecular weight excluding hydrogens is 278 g/mol. The average molecular weight is 303 g/mol. The maximum Gasteiger partial charge on any atom is 0.176 e. The number of ether oxygens (including phenoxy) is 1. The summed E-state index contributed by atoms with van der Waals surface area (Å²) in [6, 6.07) is 7.98. The molecular formula is C18H25NO3. The zero-order valence-electron chi connectivity index (χ0n) is 13.4. The van der Waals surface area contributed by atoms with Crippen LogP contribution >= 0.6 is 0 Å². The van der Waals surface area contributed by atoms with Crippen LogP contribution in [0.1, 0.15) is 50.8 Å². The van der Waals surface area contributed by atoms with Gasteiger partial charge >= 0.3 is 0 Å². The summed E-state index contributed by atoms with van der Waals surface area (Å²) in [5.41, 5.74) is 0.223. The maximum absolute atomic E-state index is 10.6. The lowest BCUT2D eigenvalue weighted by Gasteiger charge is -2.33. The lowest BCUT2D eigenvalue weighted by Crippen LogP contribution is -2.42. The molecule has 1 aromatic carbocycles. The monoisotopic (exact) mass is 303 g/mol. The first-order chi connectivity index (χ1) is 10.6. The van der Waals surface area contributed by atoms with Crippen molar-refractivity contribution in [1.29, 1.82) is 0 Å². The number of hydrogen-bond donors (Lipinski definition) is 2. The van der Waals surface area contributed by atoms with E-state index in [9.17, 15) is 5.11 Å². The van der Waals surface area contributed by atoms with Gasteiger partial charge in [0.15, 0.2) is 11.3 Å². The van der Waals surface area contributed by atoms with Gasteiger partial charge in [0.05, 0.1) is 18.8 Å². The minimum absolute atomic E-state index is 0.0584. The standard InChI is InChI=1S/C18H25NO3/c1-13(19-12-18(20)9-4-3-5-10-18)16-11-14-7-6-8-15(21-2)17(14)22-16/h6-8,11,13,19-20H,3-5,9-10,12H2,1-2H3. The number of benzene rings is 1. The van der Waals surface area contributed by atoms with E-state index in [2.05, 4.69) is 12.2 Å². The molecule has 3 rings (SSSR count). The van der Waals surface area contributed by atoms with Crippen LogP contribution in [0, 0.1) is 0 Å².